The molecule has 0 aliphatic heterocycles. The molecule has 0 heterocycles. The lowest BCUT2D eigenvalue weighted by Gasteiger charge is -1.98. The van der Waals surface area contributed by atoms with Gasteiger partial charge in [-0.1, -0.05) is 66.7 Å². The molecule has 2 aromatic rings. The molecule has 0 fully saturated rings. The van der Waals surface area contributed by atoms with Crippen molar-refractivity contribution in [2.45, 2.75) is 20.8 Å². The summed E-state index contributed by atoms with van der Waals surface area (Å²) < 4.78 is 0. The van der Waals surface area contributed by atoms with Crippen LogP contribution in [0.25, 0.3) is 6.08 Å². The van der Waals surface area contributed by atoms with Crippen LogP contribution < -0.4 is 0 Å². The molecular formula is C17H20. The van der Waals surface area contributed by atoms with Crippen molar-refractivity contribution in [3.05, 3.63) is 77.4 Å². The standard InChI is InChI=1S/C9H12.C8H8/c1-7-4-5-8(2)9(3)6-7;1-2-8-6-4-3-5-7-8/h4-6H,1-3H3;2-7H,1H2. The van der Waals surface area contributed by atoms with E-state index >= 15 is 0 Å². The zero-order valence-corrected chi connectivity index (χ0v) is 10.9. The van der Waals surface area contributed by atoms with Crippen LogP contribution in [0.5, 0.6) is 0 Å². The van der Waals surface area contributed by atoms with Gasteiger partial charge in [0.05, 0.1) is 0 Å². The average molecular weight is 224 g/mol. The van der Waals surface area contributed by atoms with Crippen molar-refractivity contribution < 1.29 is 0 Å². The zero-order chi connectivity index (χ0) is 12.7. The maximum atomic E-state index is 3.63. The Balaban J connectivity index is 0.000000171. The van der Waals surface area contributed by atoms with E-state index in [1.165, 1.54) is 22.3 Å². The SMILES string of the molecule is C=Cc1ccccc1.Cc1ccc(C)c(C)c1. The maximum Gasteiger partial charge on any atom is -0.0263 e. The van der Waals surface area contributed by atoms with Crippen LogP contribution >= 0.6 is 0 Å². The smallest absolute Gasteiger partial charge is 0.0263 e. The third-order valence-electron chi connectivity index (χ3n) is 2.70. The fourth-order valence-electron chi connectivity index (χ4n) is 1.48. The van der Waals surface area contributed by atoms with Gasteiger partial charge in [0.15, 0.2) is 0 Å². The molecule has 0 aliphatic carbocycles. The summed E-state index contributed by atoms with van der Waals surface area (Å²) >= 11 is 0. The lowest BCUT2D eigenvalue weighted by Crippen LogP contribution is -1.79. The molecule has 0 saturated carbocycles. The molecule has 0 heteroatoms. The Hall–Kier alpha value is -1.82. The first-order valence-electron chi connectivity index (χ1n) is 5.85. The van der Waals surface area contributed by atoms with Crippen molar-refractivity contribution in [2.75, 3.05) is 0 Å². The summed E-state index contributed by atoms with van der Waals surface area (Å²) in [6.07, 6.45) is 1.83. The fraction of sp³-hybridized carbons (Fsp3) is 0.176. The van der Waals surface area contributed by atoms with Gasteiger partial charge in [0, 0.05) is 0 Å². The zero-order valence-electron chi connectivity index (χ0n) is 10.9. The summed E-state index contributed by atoms with van der Waals surface area (Å²) in [6.45, 7) is 10.0. The van der Waals surface area contributed by atoms with Crippen molar-refractivity contribution in [1.29, 1.82) is 0 Å². The number of aryl methyl sites for hydroxylation is 3. The highest BCUT2D eigenvalue weighted by Crippen LogP contribution is 2.07. The van der Waals surface area contributed by atoms with E-state index in [2.05, 4.69) is 45.5 Å². The lowest BCUT2D eigenvalue weighted by atomic mass is 10.1. The minimum Gasteiger partial charge on any atom is -0.0985 e. The maximum absolute atomic E-state index is 3.63. The van der Waals surface area contributed by atoms with E-state index in [4.69, 9.17) is 0 Å². The van der Waals surface area contributed by atoms with Crippen LogP contribution in [0.15, 0.2) is 55.1 Å². The van der Waals surface area contributed by atoms with Gasteiger partial charge >= 0.3 is 0 Å². The molecule has 0 amide bonds. The highest BCUT2D eigenvalue weighted by Gasteiger charge is 1.89. The van der Waals surface area contributed by atoms with E-state index in [1.54, 1.807) is 0 Å². The third-order valence-corrected chi connectivity index (χ3v) is 2.70. The van der Waals surface area contributed by atoms with Crippen LogP contribution in [-0.2, 0) is 0 Å². The van der Waals surface area contributed by atoms with E-state index in [9.17, 15) is 0 Å². The number of rotatable bonds is 1. The first-order chi connectivity index (χ1) is 8.13. The molecule has 88 valence electrons. The Morgan fingerprint density at radius 1 is 0.824 bits per heavy atom. The monoisotopic (exact) mass is 224 g/mol. The van der Waals surface area contributed by atoms with E-state index in [-0.39, 0.29) is 0 Å². The summed E-state index contributed by atoms with van der Waals surface area (Å²) in [4.78, 5) is 0. The number of hydrogen-bond acceptors (Lipinski definition) is 0. The highest BCUT2D eigenvalue weighted by atomic mass is 13.9. The summed E-state index contributed by atoms with van der Waals surface area (Å²) in [7, 11) is 0. The van der Waals surface area contributed by atoms with Gasteiger partial charge in [0.1, 0.15) is 0 Å². The van der Waals surface area contributed by atoms with Crippen LogP contribution in [0.4, 0.5) is 0 Å². The fourth-order valence-corrected chi connectivity index (χ4v) is 1.48. The van der Waals surface area contributed by atoms with Crippen LogP contribution in [-0.4, -0.2) is 0 Å². The van der Waals surface area contributed by atoms with E-state index < -0.39 is 0 Å². The molecule has 0 nitrogen and oxygen atoms in total. The molecular weight excluding hydrogens is 204 g/mol. The topological polar surface area (TPSA) is 0 Å². The minimum absolute atomic E-state index is 1.17. The summed E-state index contributed by atoms with van der Waals surface area (Å²) in [6, 6.07) is 16.5. The van der Waals surface area contributed by atoms with Crippen LogP contribution in [0, 0.1) is 20.8 Å². The van der Waals surface area contributed by atoms with Gasteiger partial charge in [-0.3, -0.25) is 0 Å². The predicted molar refractivity (Wildman–Crippen MR) is 77.2 cm³/mol. The second kappa shape index (κ2) is 6.70. The molecule has 2 aromatic carbocycles. The molecule has 0 aliphatic rings. The minimum atomic E-state index is 1.17. The summed E-state index contributed by atoms with van der Waals surface area (Å²) in [5, 5.41) is 0. The second-order valence-electron chi connectivity index (χ2n) is 4.20. The molecule has 0 N–H and O–H groups in total. The molecule has 0 aromatic heterocycles. The lowest BCUT2D eigenvalue weighted by molar-refractivity contribution is 1.30. The summed E-state index contributed by atoms with van der Waals surface area (Å²) in [5.74, 6) is 0. The number of hydrogen-bond donors (Lipinski definition) is 0. The molecule has 2 rings (SSSR count). The number of benzene rings is 2. The van der Waals surface area contributed by atoms with Crippen molar-refractivity contribution in [3.8, 4) is 0 Å². The highest BCUT2D eigenvalue weighted by molar-refractivity contribution is 5.45. The largest absolute Gasteiger partial charge is 0.0985 e. The van der Waals surface area contributed by atoms with Gasteiger partial charge in [0.2, 0.25) is 0 Å². The molecule has 0 radical (unpaired) electrons. The first kappa shape index (κ1) is 13.2. The molecule has 0 unspecified atom stereocenters. The third kappa shape index (κ3) is 4.69. The quantitative estimate of drug-likeness (QED) is 0.643. The normalized spacial score (nSPS) is 9.12. The van der Waals surface area contributed by atoms with Gasteiger partial charge in [-0.05, 0) is 37.5 Å². The van der Waals surface area contributed by atoms with Crippen molar-refractivity contribution in [3.63, 3.8) is 0 Å². The van der Waals surface area contributed by atoms with Crippen LogP contribution in [0.2, 0.25) is 0 Å². The van der Waals surface area contributed by atoms with Gasteiger partial charge in [-0.25, -0.2) is 0 Å². The Labute approximate surface area is 105 Å². The average Bonchev–Trinajstić information content (AvgIpc) is 2.36. The summed E-state index contributed by atoms with van der Waals surface area (Å²) in [5.41, 5.74) is 5.28. The van der Waals surface area contributed by atoms with Gasteiger partial charge in [0.25, 0.3) is 0 Å². The Bertz CT molecular complexity index is 467. The van der Waals surface area contributed by atoms with Crippen molar-refractivity contribution in [2.24, 2.45) is 0 Å². The first-order valence-corrected chi connectivity index (χ1v) is 5.85. The molecule has 0 bridgehead atoms. The van der Waals surface area contributed by atoms with Crippen LogP contribution in [0.1, 0.15) is 22.3 Å². The molecule has 0 spiro atoms. The van der Waals surface area contributed by atoms with E-state index in [0.717, 1.165) is 0 Å². The van der Waals surface area contributed by atoms with E-state index in [0.29, 0.717) is 0 Å². The van der Waals surface area contributed by atoms with Gasteiger partial charge < -0.3 is 0 Å². The van der Waals surface area contributed by atoms with Crippen molar-refractivity contribution in [1.82, 2.24) is 0 Å². The molecule has 0 saturated heterocycles. The Morgan fingerprint density at radius 3 is 1.88 bits per heavy atom. The van der Waals surface area contributed by atoms with Crippen molar-refractivity contribution >= 4 is 6.08 Å². The Kier molecular flexibility index (Phi) is 5.22. The predicted octanol–water partition coefficient (Wildman–Crippen LogP) is 4.94. The molecule has 17 heavy (non-hydrogen) atoms. The molecule has 0 atom stereocenters. The van der Waals surface area contributed by atoms with Gasteiger partial charge in [-0.2, -0.15) is 0 Å². The second-order valence-corrected chi connectivity index (χ2v) is 4.20. The Morgan fingerprint density at radius 2 is 1.47 bits per heavy atom. The van der Waals surface area contributed by atoms with Crippen LogP contribution in [0.3, 0.4) is 0 Å². The van der Waals surface area contributed by atoms with Gasteiger partial charge in [-0.15, -0.1) is 0 Å². The van der Waals surface area contributed by atoms with E-state index in [1.807, 2.05) is 36.4 Å².